The average molecular weight is 307 g/mol. The molecule has 2 aromatic carbocycles. The normalized spacial score (nSPS) is 10.7. The minimum absolute atomic E-state index is 1.32. The molecule has 0 atom stereocenters. The van der Waals surface area contributed by atoms with E-state index in [0.717, 1.165) is 0 Å². The third kappa shape index (κ3) is 4.23. The Morgan fingerprint density at radius 3 is 1.47 bits per heavy atom. The van der Waals surface area contributed by atoms with E-state index in [4.69, 9.17) is 0 Å². The van der Waals surface area contributed by atoms with Crippen LogP contribution in [-0.2, 0) is 0 Å². The van der Waals surface area contributed by atoms with E-state index in [0.29, 0.717) is 0 Å². The molecule has 0 aliphatic rings. The highest BCUT2D eigenvalue weighted by Gasteiger charge is 2.04. The van der Waals surface area contributed by atoms with Crippen LogP contribution in [0.25, 0.3) is 0 Å². The highest BCUT2D eigenvalue weighted by atomic mass is 33.5. The fraction of sp³-hybridized carbons (Fsp3) is 0.250. The molecule has 0 spiro atoms. The first kappa shape index (κ1) is 14.9. The number of rotatable bonds is 4. The van der Waals surface area contributed by atoms with Crippen LogP contribution in [0.1, 0.15) is 22.3 Å². The van der Waals surface area contributed by atoms with Crippen LogP contribution in [0, 0.1) is 27.7 Å². The molecule has 3 heteroatoms. The maximum absolute atomic E-state index is 2.26. The summed E-state index contributed by atoms with van der Waals surface area (Å²) in [7, 11) is 5.54. The molecule has 0 saturated heterocycles. The standard InChI is InChI=1S/C16H18S3/c1-11-5-7-13(3)15(9-11)17-19-18-16-10-12(2)6-8-14(16)4/h5-10H,1-4H3. The van der Waals surface area contributed by atoms with E-state index in [1.165, 1.54) is 32.0 Å². The quantitative estimate of drug-likeness (QED) is 0.602. The predicted octanol–water partition coefficient (Wildman–Crippen LogP) is 6.37. The van der Waals surface area contributed by atoms with Gasteiger partial charge in [0.05, 0.1) is 0 Å². The molecule has 0 amide bonds. The van der Waals surface area contributed by atoms with Crippen LogP contribution in [0.15, 0.2) is 46.2 Å². The van der Waals surface area contributed by atoms with Gasteiger partial charge in [-0.3, -0.25) is 0 Å². The summed E-state index contributed by atoms with van der Waals surface area (Å²) in [5.74, 6) is 0. The molecule has 19 heavy (non-hydrogen) atoms. The van der Waals surface area contributed by atoms with Gasteiger partial charge in [-0.15, -0.1) is 0 Å². The first-order valence-corrected chi connectivity index (χ1v) is 9.70. The van der Waals surface area contributed by atoms with Crippen molar-refractivity contribution in [2.45, 2.75) is 37.5 Å². The predicted molar refractivity (Wildman–Crippen MR) is 91.1 cm³/mol. The van der Waals surface area contributed by atoms with Gasteiger partial charge in [0.15, 0.2) is 0 Å². The van der Waals surface area contributed by atoms with Crippen molar-refractivity contribution in [3.05, 3.63) is 58.7 Å². The van der Waals surface area contributed by atoms with Crippen molar-refractivity contribution in [2.24, 2.45) is 0 Å². The van der Waals surface area contributed by atoms with Crippen molar-refractivity contribution in [1.29, 1.82) is 0 Å². The second kappa shape index (κ2) is 6.78. The van der Waals surface area contributed by atoms with Crippen LogP contribution in [-0.4, -0.2) is 0 Å². The van der Waals surface area contributed by atoms with Crippen LogP contribution < -0.4 is 0 Å². The second-order valence-electron chi connectivity index (χ2n) is 4.77. The maximum atomic E-state index is 2.26. The lowest BCUT2D eigenvalue weighted by Gasteiger charge is -2.07. The molecular formula is C16H18S3. The Morgan fingerprint density at radius 1 is 0.632 bits per heavy atom. The van der Waals surface area contributed by atoms with Gasteiger partial charge in [-0.1, -0.05) is 24.3 Å². The van der Waals surface area contributed by atoms with E-state index < -0.39 is 0 Å². The van der Waals surface area contributed by atoms with Crippen LogP contribution in [0.5, 0.6) is 0 Å². The number of hydrogen-bond donors (Lipinski definition) is 0. The third-order valence-electron chi connectivity index (χ3n) is 2.93. The van der Waals surface area contributed by atoms with E-state index in [1.807, 2.05) is 31.4 Å². The number of benzene rings is 2. The fourth-order valence-corrected chi connectivity index (χ4v) is 5.98. The lowest BCUT2D eigenvalue weighted by molar-refractivity contribution is 1.27. The van der Waals surface area contributed by atoms with Gasteiger partial charge in [0.25, 0.3) is 0 Å². The largest absolute Gasteiger partial charge is 0.0590 e. The number of aryl methyl sites for hydroxylation is 4. The van der Waals surface area contributed by atoms with Crippen molar-refractivity contribution in [2.75, 3.05) is 0 Å². The lowest BCUT2D eigenvalue weighted by Crippen LogP contribution is -1.80. The van der Waals surface area contributed by atoms with Crippen molar-refractivity contribution in [1.82, 2.24) is 0 Å². The molecule has 100 valence electrons. The summed E-state index contributed by atoms with van der Waals surface area (Å²) in [5, 5.41) is 0. The van der Waals surface area contributed by atoms with Gasteiger partial charge in [-0.25, -0.2) is 0 Å². The molecule has 0 N–H and O–H groups in total. The number of hydrogen-bond acceptors (Lipinski definition) is 3. The zero-order valence-corrected chi connectivity index (χ0v) is 14.1. The van der Waals surface area contributed by atoms with Gasteiger partial charge >= 0.3 is 0 Å². The third-order valence-corrected chi connectivity index (χ3v) is 7.02. The zero-order chi connectivity index (χ0) is 13.8. The first-order valence-electron chi connectivity index (χ1n) is 6.22. The summed E-state index contributed by atoms with van der Waals surface area (Å²) in [5.41, 5.74) is 5.35. The van der Waals surface area contributed by atoms with Crippen molar-refractivity contribution in [3.63, 3.8) is 0 Å². The molecule has 0 bridgehead atoms. The molecule has 0 heterocycles. The Bertz CT molecular complexity index is 525. The van der Waals surface area contributed by atoms with Crippen LogP contribution in [0.4, 0.5) is 0 Å². The summed E-state index contributed by atoms with van der Waals surface area (Å²) >= 11 is 0. The fourth-order valence-electron chi connectivity index (χ4n) is 1.68. The van der Waals surface area contributed by atoms with E-state index in [-0.39, 0.29) is 0 Å². The highest BCUT2D eigenvalue weighted by molar-refractivity contribution is 9.09. The van der Waals surface area contributed by atoms with Gasteiger partial charge in [-0.05, 0) is 93.5 Å². The molecule has 2 rings (SSSR count). The Kier molecular flexibility index (Phi) is 5.31. The summed E-state index contributed by atoms with van der Waals surface area (Å²) in [4.78, 5) is 2.73. The smallest absolute Gasteiger partial charge is 0.0223 e. The zero-order valence-electron chi connectivity index (χ0n) is 11.7. The van der Waals surface area contributed by atoms with Crippen LogP contribution in [0.3, 0.4) is 0 Å². The molecule has 0 radical (unpaired) electrons. The highest BCUT2D eigenvalue weighted by Crippen LogP contribution is 2.46. The van der Waals surface area contributed by atoms with E-state index >= 15 is 0 Å². The molecule has 0 nitrogen and oxygen atoms in total. The minimum Gasteiger partial charge on any atom is -0.0590 e. The van der Waals surface area contributed by atoms with Crippen LogP contribution >= 0.6 is 31.4 Å². The summed E-state index contributed by atoms with van der Waals surface area (Å²) in [6.45, 7) is 8.63. The minimum atomic E-state index is 1.32. The molecule has 0 unspecified atom stereocenters. The topological polar surface area (TPSA) is 0 Å². The molecule has 0 aliphatic heterocycles. The first-order chi connectivity index (χ1) is 9.06. The summed E-state index contributed by atoms with van der Waals surface area (Å²) in [6, 6.07) is 13.2. The van der Waals surface area contributed by atoms with Crippen LogP contribution in [0.2, 0.25) is 0 Å². The van der Waals surface area contributed by atoms with E-state index in [2.05, 4.69) is 64.1 Å². The van der Waals surface area contributed by atoms with Gasteiger partial charge < -0.3 is 0 Å². The second-order valence-corrected chi connectivity index (χ2v) is 8.75. The monoisotopic (exact) mass is 306 g/mol. The Hall–Kier alpha value is -0.510. The molecular weight excluding hydrogens is 288 g/mol. The van der Waals surface area contributed by atoms with Gasteiger partial charge in [0.2, 0.25) is 0 Å². The molecule has 0 saturated carbocycles. The lowest BCUT2D eigenvalue weighted by atomic mass is 10.2. The summed E-state index contributed by atoms with van der Waals surface area (Å²) < 4.78 is 0. The Labute approximate surface area is 127 Å². The van der Waals surface area contributed by atoms with Crippen molar-refractivity contribution >= 4 is 31.4 Å². The molecule has 0 aliphatic carbocycles. The molecule has 2 aromatic rings. The molecule has 0 aromatic heterocycles. The van der Waals surface area contributed by atoms with Crippen molar-refractivity contribution in [3.8, 4) is 0 Å². The van der Waals surface area contributed by atoms with E-state index in [9.17, 15) is 0 Å². The average Bonchev–Trinajstić information content (AvgIpc) is 2.38. The van der Waals surface area contributed by atoms with Gasteiger partial charge in [0.1, 0.15) is 0 Å². The van der Waals surface area contributed by atoms with Gasteiger partial charge in [-0.2, -0.15) is 0 Å². The van der Waals surface area contributed by atoms with Crippen molar-refractivity contribution < 1.29 is 0 Å². The van der Waals surface area contributed by atoms with E-state index in [1.54, 1.807) is 0 Å². The molecule has 0 fully saturated rings. The van der Waals surface area contributed by atoms with Gasteiger partial charge in [0, 0.05) is 9.79 Å². The Morgan fingerprint density at radius 2 is 1.05 bits per heavy atom. The Balaban J connectivity index is 2.00. The summed E-state index contributed by atoms with van der Waals surface area (Å²) in [6.07, 6.45) is 0. The maximum Gasteiger partial charge on any atom is 0.0223 e. The SMILES string of the molecule is Cc1ccc(C)c(SSSc2cc(C)ccc2C)c1.